The van der Waals surface area contributed by atoms with Crippen molar-refractivity contribution in [1.82, 2.24) is 19.9 Å². The lowest BCUT2D eigenvalue weighted by Crippen LogP contribution is -2.57. The van der Waals surface area contributed by atoms with Crippen LogP contribution >= 0.6 is 0 Å². The van der Waals surface area contributed by atoms with E-state index in [0.29, 0.717) is 5.95 Å². The molecule has 1 heterocycles. The number of hydrogen-bond donors (Lipinski definition) is 1. The molecule has 0 amide bonds. The van der Waals surface area contributed by atoms with Crippen LogP contribution in [0.15, 0.2) is 0 Å². The van der Waals surface area contributed by atoms with E-state index in [1.165, 1.54) is 19.3 Å². The third kappa shape index (κ3) is 3.53. The topological polar surface area (TPSA) is 80.4 Å². The molecule has 1 aliphatic rings. The largest absolute Gasteiger partial charge is 0.461 e. The maximum Gasteiger partial charge on any atom is 0.323 e. The predicted molar refractivity (Wildman–Crippen MR) is 83.5 cm³/mol. The summed E-state index contributed by atoms with van der Waals surface area (Å²) in [6, 6.07) is 0.284. The van der Waals surface area contributed by atoms with Gasteiger partial charge >= 0.3 is 6.01 Å². The highest BCUT2D eigenvalue weighted by atomic mass is 16.5. The van der Waals surface area contributed by atoms with Crippen molar-refractivity contribution < 1.29 is 4.74 Å². The molecule has 0 spiro atoms. The normalized spacial score (nSPS) is 16.9. The van der Waals surface area contributed by atoms with Gasteiger partial charge in [0.15, 0.2) is 0 Å². The molecule has 0 bridgehead atoms. The fraction of sp³-hybridized carbons (Fsp3) is 0.786. The quantitative estimate of drug-likeness (QED) is 0.843. The number of nitrogens with zero attached hydrogens (tertiary/aromatic N) is 5. The lowest BCUT2D eigenvalue weighted by molar-refractivity contribution is 0.0679. The second-order valence-corrected chi connectivity index (χ2v) is 6.27. The van der Waals surface area contributed by atoms with Gasteiger partial charge in [0.1, 0.15) is 0 Å². The summed E-state index contributed by atoms with van der Waals surface area (Å²) in [6.45, 7) is 4.72. The number of ether oxygens (including phenoxy) is 1. The summed E-state index contributed by atoms with van der Waals surface area (Å²) in [6.07, 6.45) is 3.66. The zero-order valence-corrected chi connectivity index (χ0v) is 13.6. The summed E-state index contributed by atoms with van der Waals surface area (Å²) in [5.74, 6) is 0.751. The van der Waals surface area contributed by atoms with Gasteiger partial charge in [-0.25, -0.2) is 0 Å². The third-order valence-electron chi connectivity index (χ3n) is 4.07. The van der Waals surface area contributed by atoms with E-state index in [1.807, 2.05) is 25.8 Å². The monoisotopic (exact) mass is 294 g/mol. The van der Waals surface area contributed by atoms with Gasteiger partial charge in [-0.2, -0.15) is 15.0 Å². The highest BCUT2D eigenvalue weighted by Gasteiger charge is 2.40. The summed E-state index contributed by atoms with van der Waals surface area (Å²) in [4.78, 5) is 16.9. The summed E-state index contributed by atoms with van der Waals surface area (Å²) in [7, 11) is 6.24. The fourth-order valence-corrected chi connectivity index (χ4v) is 2.64. The molecule has 1 aromatic heterocycles. The van der Waals surface area contributed by atoms with Crippen LogP contribution in [0.3, 0.4) is 0 Å². The molecule has 0 unspecified atom stereocenters. The lowest BCUT2D eigenvalue weighted by atomic mass is 9.75. The summed E-state index contributed by atoms with van der Waals surface area (Å²) in [5.41, 5.74) is 5.97. The molecule has 1 fully saturated rings. The van der Waals surface area contributed by atoms with E-state index in [1.54, 1.807) is 0 Å². The Morgan fingerprint density at radius 2 is 1.86 bits per heavy atom. The predicted octanol–water partition coefficient (Wildman–Crippen LogP) is 1.16. The zero-order chi connectivity index (χ0) is 15.6. The first-order valence-corrected chi connectivity index (χ1v) is 7.39. The highest BCUT2D eigenvalue weighted by molar-refractivity contribution is 5.36. The van der Waals surface area contributed by atoms with Gasteiger partial charge in [0.2, 0.25) is 11.9 Å². The van der Waals surface area contributed by atoms with Gasteiger partial charge in [0.05, 0.1) is 6.10 Å². The van der Waals surface area contributed by atoms with E-state index < -0.39 is 0 Å². The average Bonchev–Trinajstić information content (AvgIpc) is 2.31. The maximum absolute atomic E-state index is 5.76. The Kier molecular flexibility index (Phi) is 4.51. The molecule has 1 aromatic rings. The Balaban J connectivity index is 2.15. The molecule has 0 aliphatic heterocycles. The van der Waals surface area contributed by atoms with Gasteiger partial charge in [0, 0.05) is 19.1 Å². The van der Waals surface area contributed by atoms with E-state index in [2.05, 4.69) is 33.9 Å². The molecule has 118 valence electrons. The van der Waals surface area contributed by atoms with Crippen LogP contribution in [0.25, 0.3) is 0 Å². The van der Waals surface area contributed by atoms with Gasteiger partial charge < -0.3 is 20.3 Å². The van der Waals surface area contributed by atoms with Crippen LogP contribution in [-0.4, -0.2) is 59.2 Å². The maximum atomic E-state index is 5.76. The molecule has 1 saturated carbocycles. The lowest BCUT2D eigenvalue weighted by Gasteiger charge is -2.49. The van der Waals surface area contributed by atoms with E-state index >= 15 is 0 Å². The molecule has 0 saturated heterocycles. The molecule has 1 aliphatic carbocycles. The number of likely N-dealkylation sites (N-methyl/N-ethyl adjacent to an activating group) is 2. The van der Waals surface area contributed by atoms with Crippen molar-refractivity contribution >= 4 is 11.9 Å². The molecular weight excluding hydrogens is 268 g/mol. The highest BCUT2D eigenvalue weighted by Crippen LogP contribution is 2.37. The zero-order valence-electron chi connectivity index (χ0n) is 13.6. The van der Waals surface area contributed by atoms with Gasteiger partial charge in [-0.15, -0.1) is 0 Å². The van der Waals surface area contributed by atoms with Crippen LogP contribution < -0.4 is 15.4 Å². The second-order valence-electron chi connectivity index (χ2n) is 6.27. The minimum absolute atomic E-state index is 0.00436. The molecule has 2 N–H and O–H groups in total. The Morgan fingerprint density at radius 3 is 2.33 bits per heavy atom. The summed E-state index contributed by atoms with van der Waals surface area (Å²) >= 11 is 0. The van der Waals surface area contributed by atoms with Gasteiger partial charge in [-0.3, -0.25) is 0 Å². The van der Waals surface area contributed by atoms with Crippen molar-refractivity contribution in [2.24, 2.45) is 0 Å². The van der Waals surface area contributed by atoms with Crippen molar-refractivity contribution in [3.63, 3.8) is 0 Å². The Bertz CT molecular complexity index is 486. The summed E-state index contributed by atoms with van der Waals surface area (Å²) in [5, 5.41) is 0. The summed E-state index contributed by atoms with van der Waals surface area (Å²) < 4.78 is 5.52. The minimum atomic E-state index is 0.00436. The average molecular weight is 294 g/mol. The van der Waals surface area contributed by atoms with Gasteiger partial charge in [-0.05, 0) is 47.2 Å². The van der Waals surface area contributed by atoms with Crippen LogP contribution in [0, 0.1) is 0 Å². The van der Waals surface area contributed by atoms with Crippen molar-refractivity contribution in [3.05, 3.63) is 0 Å². The number of anilines is 2. The number of nitrogens with two attached hydrogens (primary N) is 1. The molecule has 0 radical (unpaired) electrons. The molecule has 2 rings (SSSR count). The smallest absolute Gasteiger partial charge is 0.323 e. The van der Waals surface area contributed by atoms with E-state index in [0.717, 1.165) is 6.54 Å². The van der Waals surface area contributed by atoms with Crippen molar-refractivity contribution in [2.75, 3.05) is 38.3 Å². The Morgan fingerprint density at radius 1 is 1.19 bits per heavy atom. The van der Waals surface area contributed by atoms with Crippen LogP contribution in [-0.2, 0) is 0 Å². The van der Waals surface area contributed by atoms with Crippen LogP contribution in [0.1, 0.15) is 33.1 Å². The first kappa shape index (κ1) is 15.8. The van der Waals surface area contributed by atoms with Gasteiger partial charge in [0.25, 0.3) is 0 Å². The van der Waals surface area contributed by atoms with E-state index in [9.17, 15) is 0 Å². The number of aromatic nitrogens is 3. The molecule has 21 heavy (non-hydrogen) atoms. The Hall–Kier alpha value is -1.63. The first-order chi connectivity index (χ1) is 9.82. The molecule has 7 nitrogen and oxygen atoms in total. The molecular formula is C14H26N6O. The van der Waals surface area contributed by atoms with Crippen molar-refractivity contribution in [2.45, 2.75) is 44.8 Å². The van der Waals surface area contributed by atoms with Crippen molar-refractivity contribution in [1.29, 1.82) is 0 Å². The molecule has 0 aromatic carbocycles. The van der Waals surface area contributed by atoms with E-state index in [-0.39, 0.29) is 23.6 Å². The van der Waals surface area contributed by atoms with Crippen LogP contribution in [0.5, 0.6) is 6.01 Å². The standard InChI is InChI=1S/C14H26N6O/c1-10(2)21-13-17-11(15)16-12(18-13)20(5)9-14(19(3)4)7-6-8-14/h10H,6-9H2,1-5H3,(H2,15,16,17,18). The second kappa shape index (κ2) is 6.01. The SMILES string of the molecule is CC(C)Oc1nc(N)nc(N(C)CC2(N(C)C)CCC2)n1. The fourth-order valence-electron chi connectivity index (χ4n) is 2.64. The van der Waals surface area contributed by atoms with Crippen LogP contribution in [0.2, 0.25) is 0 Å². The molecule has 7 heteroatoms. The number of nitrogen functional groups attached to an aromatic ring is 1. The minimum Gasteiger partial charge on any atom is -0.461 e. The number of rotatable bonds is 6. The Labute approximate surface area is 126 Å². The van der Waals surface area contributed by atoms with E-state index in [4.69, 9.17) is 10.5 Å². The third-order valence-corrected chi connectivity index (χ3v) is 4.07. The van der Waals surface area contributed by atoms with Crippen molar-refractivity contribution in [3.8, 4) is 6.01 Å². The molecule has 0 atom stereocenters. The van der Waals surface area contributed by atoms with Gasteiger partial charge in [-0.1, -0.05) is 0 Å². The first-order valence-electron chi connectivity index (χ1n) is 7.39. The number of hydrogen-bond acceptors (Lipinski definition) is 7. The van der Waals surface area contributed by atoms with Crippen LogP contribution in [0.4, 0.5) is 11.9 Å².